The van der Waals surface area contributed by atoms with E-state index < -0.39 is 5.97 Å². The van der Waals surface area contributed by atoms with Gasteiger partial charge in [-0.25, -0.2) is 9.59 Å². The van der Waals surface area contributed by atoms with Gasteiger partial charge in [0.1, 0.15) is 0 Å². The minimum Gasteiger partial charge on any atom is -0.478 e. The minimum absolute atomic E-state index is 0.236. The summed E-state index contributed by atoms with van der Waals surface area (Å²) in [4.78, 5) is 27.1. The molecule has 4 rings (SSSR count). The first kappa shape index (κ1) is 20.4. The molecule has 156 valence electrons. The van der Waals surface area contributed by atoms with Gasteiger partial charge in [0, 0.05) is 28.9 Å². The molecule has 1 aliphatic heterocycles. The van der Waals surface area contributed by atoms with E-state index in [1.54, 1.807) is 22.3 Å². The van der Waals surface area contributed by atoms with Crippen molar-refractivity contribution in [3.8, 4) is 0 Å². The van der Waals surface area contributed by atoms with E-state index in [9.17, 15) is 9.59 Å². The Hall–Kier alpha value is -2.86. The Morgan fingerprint density at radius 3 is 2.63 bits per heavy atom. The molecule has 0 atom stereocenters. The molecule has 1 N–H and O–H groups in total. The van der Waals surface area contributed by atoms with Gasteiger partial charge in [-0.2, -0.15) is 0 Å². The van der Waals surface area contributed by atoms with Gasteiger partial charge in [0.25, 0.3) is 0 Å². The highest BCUT2D eigenvalue weighted by atomic mass is 32.1. The predicted octanol–water partition coefficient (Wildman–Crippen LogP) is 5.00. The van der Waals surface area contributed by atoms with Crippen LogP contribution in [0.25, 0.3) is 11.6 Å². The van der Waals surface area contributed by atoms with Crippen molar-refractivity contribution in [2.75, 3.05) is 19.7 Å². The van der Waals surface area contributed by atoms with E-state index in [2.05, 4.69) is 30.3 Å². The molecule has 2 heterocycles. The topological polar surface area (TPSA) is 66.8 Å². The fourth-order valence-corrected chi connectivity index (χ4v) is 5.34. The summed E-state index contributed by atoms with van der Waals surface area (Å²) in [6.45, 7) is 3.53. The highest BCUT2D eigenvalue weighted by molar-refractivity contribution is 7.13. The van der Waals surface area contributed by atoms with Crippen LogP contribution < -0.4 is 0 Å². The van der Waals surface area contributed by atoms with Crippen LogP contribution in [0.1, 0.15) is 46.2 Å². The normalized spacial score (nSPS) is 16.2. The molecule has 2 aromatic rings. The Bertz CT molecular complexity index is 1020. The monoisotopic (exact) mass is 423 g/mol. The summed E-state index contributed by atoms with van der Waals surface area (Å²) in [5, 5.41) is 8.98. The molecule has 0 spiro atoms. The van der Waals surface area contributed by atoms with Gasteiger partial charge in [0.15, 0.2) is 0 Å². The fraction of sp³-hybridized carbons (Fsp3) is 0.333. The maximum atomic E-state index is 12.1. The number of thiophene rings is 1. The second kappa shape index (κ2) is 8.88. The lowest BCUT2D eigenvalue weighted by molar-refractivity contribution is -0.131. The van der Waals surface area contributed by atoms with Crippen LogP contribution in [0.15, 0.2) is 42.0 Å². The number of aliphatic carboxylic acids is 1. The fourth-order valence-electron chi connectivity index (χ4n) is 4.26. The van der Waals surface area contributed by atoms with Crippen molar-refractivity contribution in [3.05, 3.63) is 68.4 Å². The number of hydrogen-bond acceptors (Lipinski definition) is 4. The number of amides is 1. The van der Waals surface area contributed by atoms with Crippen LogP contribution in [-0.2, 0) is 22.4 Å². The van der Waals surface area contributed by atoms with E-state index in [0.29, 0.717) is 19.7 Å². The number of piperidine rings is 1. The van der Waals surface area contributed by atoms with Gasteiger partial charge in [0.05, 0.1) is 6.61 Å². The highest BCUT2D eigenvalue weighted by Crippen LogP contribution is 2.42. The van der Waals surface area contributed by atoms with Gasteiger partial charge in [-0.3, -0.25) is 0 Å². The Morgan fingerprint density at radius 1 is 1.13 bits per heavy atom. The van der Waals surface area contributed by atoms with Crippen molar-refractivity contribution >= 4 is 35.0 Å². The highest BCUT2D eigenvalue weighted by Gasteiger charge is 2.27. The zero-order valence-corrected chi connectivity index (χ0v) is 17.8. The summed E-state index contributed by atoms with van der Waals surface area (Å²) >= 11 is 1.67. The van der Waals surface area contributed by atoms with Crippen LogP contribution >= 0.6 is 11.3 Å². The van der Waals surface area contributed by atoms with E-state index in [1.165, 1.54) is 38.8 Å². The lowest BCUT2D eigenvalue weighted by atomic mass is 9.87. The number of aryl methyl sites for hydroxylation is 2. The Kier molecular flexibility index (Phi) is 6.04. The molecule has 0 unspecified atom stereocenters. The number of nitrogens with zero attached hydrogens (tertiary/aromatic N) is 1. The summed E-state index contributed by atoms with van der Waals surface area (Å²) in [7, 11) is 0. The SMILES string of the molecule is CCOC(=O)N1CCC(=C2c3ccccc3CCc3sc(C=CC(=O)O)cc32)CC1. The Balaban J connectivity index is 1.74. The number of carboxylic acid groups (broad SMARTS) is 1. The van der Waals surface area contributed by atoms with Crippen LogP contribution in [-0.4, -0.2) is 41.8 Å². The molecule has 2 aliphatic rings. The number of carbonyl (C=O) groups excluding carboxylic acids is 1. The first-order valence-electron chi connectivity index (χ1n) is 10.3. The number of carboxylic acids is 1. The average molecular weight is 424 g/mol. The molecular formula is C24H25NO4S. The number of benzene rings is 1. The molecule has 1 aromatic heterocycles. The van der Waals surface area contributed by atoms with Crippen molar-refractivity contribution in [1.29, 1.82) is 0 Å². The number of likely N-dealkylation sites (tertiary alicyclic amines) is 1. The average Bonchev–Trinajstić information content (AvgIpc) is 3.08. The van der Waals surface area contributed by atoms with Gasteiger partial charge in [-0.15, -0.1) is 11.3 Å². The molecule has 1 aliphatic carbocycles. The molecule has 0 saturated carbocycles. The number of carbonyl (C=O) groups is 2. The summed E-state index contributed by atoms with van der Waals surface area (Å²) in [5.74, 6) is -0.936. The summed E-state index contributed by atoms with van der Waals surface area (Å²) in [5.41, 5.74) is 6.46. The van der Waals surface area contributed by atoms with Crippen molar-refractivity contribution in [2.24, 2.45) is 0 Å². The van der Waals surface area contributed by atoms with Gasteiger partial charge in [-0.05, 0) is 67.0 Å². The maximum absolute atomic E-state index is 12.1. The standard InChI is InChI=1S/C24H25NO4S/c1-2-29-24(28)25-13-11-17(12-14-25)23-19-6-4-3-5-16(19)7-9-21-20(23)15-18(30-21)8-10-22(26)27/h3-6,8,10,15H,2,7,9,11-14H2,1H3,(H,26,27). The molecule has 0 bridgehead atoms. The molecule has 5 nitrogen and oxygen atoms in total. The quantitative estimate of drug-likeness (QED) is 0.706. The van der Waals surface area contributed by atoms with Gasteiger partial charge < -0.3 is 14.7 Å². The van der Waals surface area contributed by atoms with Crippen LogP contribution in [0.4, 0.5) is 4.79 Å². The van der Waals surface area contributed by atoms with Crippen molar-refractivity contribution < 1.29 is 19.4 Å². The van der Waals surface area contributed by atoms with Crippen molar-refractivity contribution in [3.63, 3.8) is 0 Å². The number of ether oxygens (including phenoxy) is 1. The van der Waals surface area contributed by atoms with E-state index in [-0.39, 0.29) is 6.09 Å². The lowest BCUT2D eigenvalue weighted by Gasteiger charge is -2.29. The molecule has 1 saturated heterocycles. The molecule has 6 heteroatoms. The molecule has 1 amide bonds. The molecule has 1 fully saturated rings. The van der Waals surface area contributed by atoms with E-state index in [4.69, 9.17) is 9.84 Å². The van der Waals surface area contributed by atoms with Crippen molar-refractivity contribution in [1.82, 2.24) is 4.90 Å². The molecule has 0 radical (unpaired) electrons. The van der Waals surface area contributed by atoms with Crippen LogP contribution in [0, 0.1) is 0 Å². The van der Waals surface area contributed by atoms with Crippen molar-refractivity contribution in [2.45, 2.75) is 32.6 Å². The smallest absolute Gasteiger partial charge is 0.409 e. The second-order valence-electron chi connectivity index (χ2n) is 7.48. The third kappa shape index (κ3) is 4.19. The summed E-state index contributed by atoms with van der Waals surface area (Å²) < 4.78 is 5.16. The largest absolute Gasteiger partial charge is 0.478 e. The van der Waals surface area contributed by atoms with E-state index in [1.807, 2.05) is 6.92 Å². The first-order chi connectivity index (χ1) is 14.6. The van der Waals surface area contributed by atoms with E-state index in [0.717, 1.165) is 30.6 Å². The third-order valence-corrected chi connectivity index (χ3v) is 6.80. The summed E-state index contributed by atoms with van der Waals surface area (Å²) in [6.07, 6.45) is 6.19. The zero-order valence-electron chi connectivity index (χ0n) is 17.0. The number of rotatable bonds is 3. The molecule has 30 heavy (non-hydrogen) atoms. The second-order valence-corrected chi connectivity index (χ2v) is 8.65. The maximum Gasteiger partial charge on any atom is 0.409 e. The summed E-state index contributed by atoms with van der Waals surface area (Å²) in [6, 6.07) is 10.7. The van der Waals surface area contributed by atoms with Crippen LogP contribution in [0.2, 0.25) is 0 Å². The molecule has 1 aromatic carbocycles. The third-order valence-electron chi connectivity index (χ3n) is 5.64. The number of hydrogen-bond donors (Lipinski definition) is 1. The van der Waals surface area contributed by atoms with Crippen LogP contribution in [0.3, 0.4) is 0 Å². The lowest BCUT2D eigenvalue weighted by Crippen LogP contribution is -2.37. The predicted molar refractivity (Wildman–Crippen MR) is 119 cm³/mol. The van der Waals surface area contributed by atoms with Gasteiger partial charge >= 0.3 is 12.1 Å². The minimum atomic E-state index is -0.936. The van der Waals surface area contributed by atoms with E-state index >= 15 is 0 Å². The first-order valence-corrected chi connectivity index (χ1v) is 11.1. The Labute approximate surface area is 180 Å². The molecular weight excluding hydrogens is 398 g/mol. The van der Waals surface area contributed by atoms with Crippen LogP contribution in [0.5, 0.6) is 0 Å². The zero-order chi connectivity index (χ0) is 21.1. The van der Waals surface area contributed by atoms with Gasteiger partial charge in [0.2, 0.25) is 0 Å². The number of fused-ring (bicyclic) bond motifs is 2. The van der Waals surface area contributed by atoms with Gasteiger partial charge in [-0.1, -0.05) is 29.8 Å². The Morgan fingerprint density at radius 2 is 1.90 bits per heavy atom.